The van der Waals surface area contributed by atoms with E-state index in [1.807, 2.05) is 18.2 Å². The Morgan fingerprint density at radius 2 is 1.52 bits per heavy atom. The molecule has 0 spiro atoms. The summed E-state index contributed by atoms with van der Waals surface area (Å²) in [5.41, 5.74) is 7.35. The summed E-state index contributed by atoms with van der Waals surface area (Å²) in [6.07, 6.45) is 0. The van der Waals surface area contributed by atoms with Gasteiger partial charge in [0.25, 0.3) is 0 Å². The average molecular weight is 734 g/mol. The molecule has 0 unspecified atom stereocenters. The predicted molar refractivity (Wildman–Crippen MR) is 167 cm³/mol. The fraction of sp³-hybridized carbons (Fsp3) is 0.222. The van der Waals surface area contributed by atoms with Crippen molar-refractivity contribution in [1.82, 2.24) is 14.5 Å². The number of phenolic OH excluding ortho intramolecular Hbond substituents is 1. The van der Waals surface area contributed by atoms with Crippen LogP contribution in [0.4, 0.5) is 0 Å². The molecule has 4 heterocycles. The zero-order chi connectivity index (χ0) is 28.7. The average Bonchev–Trinajstić information content (AvgIpc) is 3.48. The number of phenols is 1. The summed E-state index contributed by atoms with van der Waals surface area (Å²) in [6, 6.07) is 29.8. The largest absolute Gasteiger partial charge is 0.507 e. The summed E-state index contributed by atoms with van der Waals surface area (Å²) in [6.45, 7) is 13.1. The van der Waals surface area contributed by atoms with Gasteiger partial charge in [0, 0.05) is 32.1 Å². The SMILES string of the molecule is CC(C)(C)c1cc(-c2cc(C(C)(C)C)c3oc4cccc(O)c4c3n2)nc(-n2c3[c-]cccc3c3ccccc32)c1.[Pt]. The van der Waals surface area contributed by atoms with Crippen LogP contribution in [0.3, 0.4) is 0 Å². The third-order valence-corrected chi connectivity index (χ3v) is 7.90. The number of aromatic hydroxyl groups is 1. The van der Waals surface area contributed by atoms with Crippen LogP contribution >= 0.6 is 0 Å². The summed E-state index contributed by atoms with van der Waals surface area (Å²) >= 11 is 0. The van der Waals surface area contributed by atoms with E-state index in [4.69, 9.17) is 14.4 Å². The molecule has 6 heteroatoms. The quantitative estimate of drug-likeness (QED) is 0.180. The predicted octanol–water partition coefficient (Wildman–Crippen LogP) is 9.24. The molecule has 1 N–H and O–H groups in total. The number of rotatable bonds is 2. The van der Waals surface area contributed by atoms with E-state index in [-0.39, 0.29) is 37.6 Å². The fourth-order valence-electron chi connectivity index (χ4n) is 5.73. The molecule has 0 radical (unpaired) electrons. The first-order chi connectivity index (χ1) is 19.5. The van der Waals surface area contributed by atoms with Crippen LogP contribution in [0.25, 0.3) is 61.1 Å². The standard InChI is InChI=1S/C36H32N3O2.Pt/c1-35(2,3)21-18-25(37-31(19-21)39-27-14-9-7-12-22(27)23-13-8-10-15-28(23)39)26-20-24(36(4,5)6)34-33(38-26)32-29(40)16-11-17-30(32)41-34;/h7-14,16-20,40H,1-6H3;/q-1;. The van der Waals surface area contributed by atoms with E-state index in [9.17, 15) is 5.11 Å². The minimum absolute atomic E-state index is 0. The van der Waals surface area contributed by atoms with Gasteiger partial charge in [-0.1, -0.05) is 71.3 Å². The third kappa shape index (κ3) is 4.42. The summed E-state index contributed by atoms with van der Waals surface area (Å²) in [7, 11) is 0. The maximum Gasteiger partial charge on any atom is 0.157 e. The maximum atomic E-state index is 10.8. The molecular formula is C36H32N3O2Pt-. The van der Waals surface area contributed by atoms with Gasteiger partial charge >= 0.3 is 0 Å². The minimum Gasteiger partial charge on any atom is -0.507 e. The summed E-state index contributed by atoms with van der Waals surface area (Å²) in [5, 5.41) is 13.7. The van der Waals surface area contributed by atoms with E-state index in [0.29, 0.717) is 22.1 Å². The maximum absolute atomic E-state index is 10.8. The van der Waals surface area contributed by atoms with Gasteiger partial charge in [0.1, 0.15) is 22.7 Å². The second-order valence-corrected chi connectivity index (χ2v) is 12.9. The Morgan fingerprint density at radius 3 is 2.29 bits per heavy atom. The van der Waals surface area contributed by atoms with Crippen molar-refractivity contribution in [2.45, 2.75) is 52.4 Å². The Balaban J connectivity index is 0.00000316. The molecule has 0 saturated heterocycles. The molecule has 0 fully saturated rings. The van der Waals surface area contributed by atoms with Crippen LogP contribution in [-0.2, 0) is 31.9 Å². The molecule has 0 aliphatic carbocycles. The number of aromatic nitrogens is 3. The first kappa shape index (κ1) is 28.2. The van der Waals surface area contributed by atoms with E-state index < -0.39 is 0 Å². The van der Waals surface area contributed by atoms with Crippen molar-refractivity contribution < 1.29 is 30.6 Å². The van der Waals surface area contributed by atoms with Crippen molar-refractivity contribution in [3.8, 4) is 23.0 Å². The monoisotopic (exact) mass is 733 g/mol. The smallest absolute Gasteiger partial charge is 0.157 e. The molecule has 0 saturated carbocycles. The Bertz CT molecular complexity index is 2090. The molecule has 214 valence electrons. The van der Waals surface area contributed by atoms with Gasteiger partial charge in [-0.3, -0.25) is 0 Å². The molecule has 5 nitrogen and oxygen atoms in total. The van der Waals surface area contributed by atoms with Gasteiger partial charge < -0.3 is 14.1 Å². The van der Waals surface area contributed by atoms with Crippen molar-refractivity contribution in [2.24, 2.45) is 0 Å². The number of hydrogen-bond acceptors (Lipinski definition) is 4. The molecule has 0 aliphatic rings. The normalized spacial score (nSPS) is 12.4. The van der Waals surface area contributed by atoms with Gasteiger partial charge in [-0.2, -0.15) is 24.3 Å². The zero-order valence-corrected chi connectivity index (χ0v) is 26.8. The van der Waals surface area contributed by atoms with Gasteiger partial charge in [0.2, 0.25) is 0 Å². The van der Waals surface area contributed by atoms with E-state index in [1.54, 1.807) is 12.1 Å². The van der Waals surface area contributed by atoms with Crippen molar-refractivity contribution in [3.05, 3.63) is 96.1 Å². The van der Waals surface area contributed by atoms with Crippen LogP contribution in [0.2, 0.25) is 0 Å². The van der Waals surface area contributed by atoms with Crippen molar-refractivity contribution >= 4 is 43.9 Å². The molecule has 0 aliphatic heterocycles. The molecule has 42 heavy (non-hydrogen) atoms. The fourth-order valence-corrected chi connectivity index (χ4v) is 5.73. The van der Waals surface area contributed by atoms with Crippen LogP contribution < -0.4 is 0 Å². The van der Waals surface area contributed by atoms with Crippen molar-refractivity contribution in [3.63, 3.8) is 0 Å². The summed E-state index contributed by atoms with van der Waals surface area (Å²) in [5.74, 6) is 0.976. The third-order valence-electron chi connectivity index (χ3n) is 7.90. The van der Waals surface area contributed by atoms with Crippen LogP contribution in [0.1, 0.15) is 52.7 Å². The van der Waals surface area contributed by atoms with Gasteiger partial charge in [-0.05, 0) is 58.2 Å². The number of furan rings is 1. The second-order valence-electron chi connectivity index (χ2n) is 12.9. The van der Waals surface area contributed by atoms with Gasteiger partial charge in [0.05, 0.1) is 16.8 Å². The molecule has 4 aromatic heterocycles. The number of fused-ring (bicyclic) bond motifs is 6. The molecule has 0 bridgehead atoms. The van der Waals surface area contributed by atoms with Gasteiger partial charge in [0.15, 0.2) is 5.58 Å². The minimum atomic E-state index is -0.230. The molecule has 0 amide bonds. The van der Waals surface area contributed by atoms with E-state index in [0.717, 1.165) is 44.8 Å². The number of para-hydroxylation sites is 2. The van der Waals surface area contributed by atoms with Gasteiger partial charge in [-0.15, -0.1) is 5.39 Å². The van der Waals surface area contributed by atoms with Crippen molar-refractivity contribution in [1.29, 1.82) is 0 Å². The van der Waals surface area contributed by atoms with Crippen LogP contribution in [0.5, 0.6) is 5.75 Å². The molecule has 7 rings (SSSR count). The van der Waals surface area contributed by atoms with Gasteiger partial charge in [-0.25, -0.2) is 9.97 Å². The number of nitrogens with zero attached hydrogens (tertiary/aromatic N) is 3. The zero-order valence-electron chi connectivity index (χ0n) is 24.5. The Morgan fingerprint density at radius 1 is 0.786 bits per heavy atom. The number of pyridine rings is 2. The number of benzene rings is 3. The van der Waals surface area contributed by atoms with Crippen LogP contribution in [0.15, 0.2) is 83.3 Å². The molecule has 3 aromatic carbocycles. The molecule has 7 aromatic rings. The first-order valence-electron chi connectivity index (χ1n) is 14.0. The topological polar surface area (TPSA) is 64.1 Å². The van der Waals surface area contributed by atoms with Crippen molar-refractivity contribution in [2.75, 3.05) is 0 Å². The van der Waals surface area contributed by atoms with E-state index >= 15 is 0 Å². The molecule has 0 atom stereocenters. The Kier molecular flexibility index (Phi) is 6.58. The molecular weight excluding hydrogens is 701 g/mol. The Hall–Kier alpha value is -3.95. The summed E-state index contributed by atoms with van der Waals surface area (Å²) in [4.78, 5) is 10.4. The number of hydrogen-bond donors (Lipinski definition) is 1. The van der Waals surface area contributed by atoms with Crippen LogP contribution in [-0.4, -0.2) is 19.6 Å². The van der Waals surface area contributed by atoms with E-state index in [2.05, 4.69) is 101 Å². The second kappa shape index (κ2) is 9.81. The summed E-state index contributed by atoms with van der Waals surface area (Å²) < 4.78 is 8.49. The Labute approximate surface area is 259 Å². The van der Waals surface area contributed by atoms with E-state index in [1.165, 1.54) is 5.39 Å². The first-order valence-corrected chi connectivity index (χ1v) is 14.0. The van der Waals surface area contributed by atoms with Crippen LogP contribution in [0, 0.1) is 6.07 Å².